The maximum absolute atomic E-state index is 12.3. The average Bonchev–Trinajstić information content (AvgIpc) is 2.19. The zero-order valence-corrected chi connectivity index (χ0v) is 17.2. The first-order valence-electron chi connectivity index (χ1n) is 6.07. The van der Waals surface area contributed by atoms with Crippen molar-refractivity contribution in [2.75, 3.05) is 26.6 Å². The van der Waals surface area contributed by atoms with E-state index in [1.54, 1.807) is 4.72 Å². The molecule has 0 aromatic heterocycles. The minimum Gasteiger partial charge on any atom is -0.227 e. The summed E-state index contributed by atoms with van der Waals surface area (Å²) >= 11 is 0. The summed E-state index contributed by atoms with van der Waals surface area (Å²) in [6.45, 7) is 1.84. The van der Waals surface area contributed by atoms with Crippen molar-refractivity contribution >= 4 is 40.3 Å². The molecule has 146 valence electrons. The Kier molecular flexibility index (Phi) is 6.65. The molecule has 0 aliphatic heterocycles. The topological polar surface area (TPSA) is 181 Å². The number of nitrogens with two attached hydrogens (primary N) is 1. The van der Waals surface area contributed by atoms with Crippen LogP contribution >= 0.6 is 0 Å². The van der Waals surface area contributed by atoms with E-state index in [1.165, 1.54) is 0 Å². The Balaban J connectivity index is 6.76. The summed E-state index contributed by atoms with van der Waals surface area (Å²) in [7, 11) is -16.2. The van der Waals surface area contributed by atoms with Gasteiger partial charge in [-0.15, -0.1) is 0 Å². The fourth-order valence-corrected chi connectivity index (χ4v) is 8.35. The van der Waals surface area contributed by atoms with E-state index in [0.717, 1.165) is 27.9 Å². The van der Waals surface area contributed by atoms with E-state index in [9.17, 15) is 33.7 Å². The molecular weight excluding hydrogens is 408 g/mol. The van der Waals surface area contributed by atoms with E-state index in [1.807, 2.05) is 0 Å². The number of sulfonamides is 1. The zero-order valence-electron chi connectivity index (χ0n) is 13.9. The first kappa shape index (κ1) is 23.6. The highest BCUT2D eigenvalue weighted by molar-refractivity contribution is 8.02. The molecule has 0 aliphatic rings. The van der Waals surface area contributed by atoms with Gasteiger partial charge in [-0.2, -0.15) is 25.9 Å². The molecule has 0 aromatic rings. The van der Waals surface area contributed by atoms with Gasteiger partial charge in [-0.25, -0.2) is 22.0 Å². The summed E-state index contributed by atoms with van der Waals surface area (Å²) in [5.41, 5.74) is -2.31. The van der Waals surface area contributed by atoms with Gasteiger partial charge in [0.15, 0.2) is 9.84 Å². The molecule has 0 saturated heterocycles. The molecule has 0 bridgehead atoms. The van der Waals surface area contributed by atoms with Gasteiger partial charge in [0.2, 0.25) is 10.0 Å². The second-order valence-electron chi connectivity index (χ2n) is 5.79. The van der Waals surface area contributed by atoms with Crippen molar-refractivity contribution in [2.45, 2.75) is 24.8 Å². The number of nitrogens with zero attached hydrogens (tertiary/aromatic N) is 2. The van der Waals surface area contributed by atoms with Crippen molar-refractivity contribution in [2.24, 2.45) is 5.14 Å². The number of sulfone groups is 1. The Bertz CT molecular complexity index is 886. The van der Waals surface area contributed by atoms with Gasteiger partial charge >= 0.3 is 0 Å². The van der Waals surface area contributed by atoms with Crippen LogP contribution in [0.15, 0.2) is 0 Å². The molecule has 0 saturated carbocycles. The molecule has 1 atom stereocenters. The van der Waals surface area contributed by atoms with Crippen molar-refractivity contribution < 1.29 is 33.7 Å². The monoisotopic (exact) mass is 430 g/mol. The zero-order chi connectivity index (χ0) is 19.9. The summed E-state index contributed by atoms with van der Waals surface area (Å²) in [6.07, 6.45) is 1.27. The lowest BCUT2D eigenvalue weighted by Crippen LogP contribution is -2.66. The van der Waals surface area contributed by atoms with Gasteiger partial charge in [0, 0.05) is 20.4 Å². The van der Waals surface area contributed by atoms with Gasteiger partial charge in [0.1, 0.15) is 5.37 Å². The molecule has 3 N–H and O–H groups in total. The van der Waals surface area contributed by atoms with Gasteiger partial charge in [0.25, 0.3) is 20.4 Å². The minimum absolute atomic E-state index is 0.239. The molecule has 0 heterocycles. The Morgan fingerprint density at radius 2 is 1.29 bits per heavy atom. The van der Waals surface area contributed by atoms with Crippen LogP contribution in [0.1, 0.15) is 13.8 Å². The largest absolute Gasteiger partial charge is 0.296 e. The summed E-state index contributed by atoms with van der Waals surface area (Å²) < 4.78 is 97.3. The Morgan fingerprint density at radius 1 is 0.917 bits per heavy atom. The third-order valence-electron chi connectivity index (χ3n) is 2.76. The maximum Gasteiger partial charge on any atom is 0.296 e. The molecule has 0 radical (unpaired) electrons. The van der Waals surface area contributed by atoms with Crippen molar-refractivity contribution in [3.8, 4) is 0 Å². The van der Waals surface area contributed by atoms with E-state index in [2.05, 4.69) is 0 Å². The molecule has 0 aliphatic carbocycles. The minimum atomic E-state index is -4.98. The van der Waals surface area contributed by atoms with Gasteiger partial charge in [-0.05, 0) is 13.8 Å². The normalized spacial score (nSPS) is 16.5. The van der Waals surface area contributed by atoms with Crippen LogP contribution in [-0.2, 0) is 40.3 Å². The van der Waals surface area contributed by atoms with E-state index >= 15 is 0 Å². The first-order chi connectivity index (χ1) is 10.1. The van der Waals surface area contributed by atoms with Crippen LogP contribution in [0.3, 0.4) is 0 Å². The van der Waals surface area contributed by atoms with Crippen molar-refractivity contribution in [1.82, 2.24) is 12.7 Å². The Hall–Kier alpha value is -0.360. The van der Waals surface area contributed by atoms with E-state index < -0.39 is 51.2 Å². The summed E-state index contributed by atoms with van der Waals surface area (Å²) in [5, 5.41) is 2.84. The van der Waals surface area contributed by atoms with Gasteiger partial charge in [-0.3, -0.25) is 0 Å². The summed E-state index contributed by atoms with van der Waals surface area (Å²) in [6, 6.07) is 0. The Labute approximate surface area is 143 Å². The lowest BCUT2D eigenvalue weighted by atomic mass is 10.1. The van der Waals surface area contributed by atoms with Crippen molar-refractivity contribution in [3.63, 3.8) is 0 Å². The first-order valence-corrected chi connectivity index (χ1v) is 12.8. The molecule has 24 heavy (non-hydrogen) atoms. The Morgan fingerprint density at radius 3 is 1.50 bits per heavy atom. The fourth-order valence-electron chi connectivity index (χ4n) is 1.95. The number of hydrogen-bond donors (Lipinski definition) is 2. The second kappa shape index (κ2) is 6.75. The average molecular weight is 431 g/mol. The predicted octanol–water partition coefficient (Wildman–Crippen LogP) is -3.00. The molecule has 1 unspecified atom stereocenters. The third-order valence-corrected chi connectivity index (χ3v) is 9.06. The van der Waals surface area contributed by atoms with Crippen LogP contribution in [0, 0.1) is 0 Å². The molecule has 0 rings (SSSR count). The predicted molar refractivity (Wildman–Crippen MR) is 88.2 cm³/mol. The number of nitrogens with one attached hydrogen (secondary N) is 1. The van der Waals surface area contributed by atoms with Crippen LogP contribution in [0.2, 0.25) is 0 Å². The summed E-state index contributed by atoms with van der Waals surface area (Å²) in [4.78, 5) is 0. The fraction of sp³-hybridized carbons (Fsp3) is 1.00. The summed E-state index contributed by atoms with van der Waals surface area (Å²) in [5.74, 6) is 0. The molecular formula is C8H22N4O8S4. The highest BCUT2D eigenvalue weighted by atomic mass is 32.3. The number of rotatable bonds is 8. The van der Waals surface area contributed by atoms with Crippen LogP contribution in [0.4, 0.5) is 0 Å². The van der Waals surface area contributed by atoms with Crippen LogP contribution in [0.25, 0.3) is 0 Å². The van der Waals surface area contributed by atoms with Crippen LogP contribution in [-0.4, -0.2) is 79.2 Å². The molecule has 0 fully saturated rings. The number of hydrogen-bond acceptors (Lipinski definition) is 8. The van der Waals surface area contributed by atoms with Gasteiger partial charge in [-0.1, -0.05) is 3.71 Å². The van der Waals surface area contributed by atoms with Gasteiger partial charge < -0.3 is 0 Å². The molecule has 16 heteroatoms. The van der Waals surface area contributed by atoms with Crippen LogP contribution in [0.5, 0.6) is 0 Å². The van der Waals surface area contributed by atoms with E-state index in [0.29, 0.717) is 16.8 Å². The highest BCUT2D eigenvalue weighted by Gasteiger charge is 2.53. The lowest BCUT2D eigenvalue weighted by molar-refractivity contribution is 0.285. The van der Waals surface area contributed by atoms with Crippen molar-refractivity contribution in [1.29, 1.82) is 0 Å². The second-order valence-corrected chi connectivity index (χ2v) is 13.3. The SMILES string of the molecule is CN(C)S(=O)(=O)N(C(C)(C)C(NS(C)(=O)=O)S(C)(=O)=O)S(N)(=O)=O. The standard InChI is InChI=1S/C8H22N4O8S4/c1-8(2,7(21(5,13)14)10-22(6,15)16)12(23(9,17)18)24(19,20)11(3)4/h7,10H,1-6H3,(H2,9,17,18). The third kappa shape index (κ3) is 5.58. The molecule has 0 amide bonds. The van der Waals surface area contributed by atoms with E-state index in [4.69, 9.17) is 5.14 Å². The van der Waals surface area contributed by atoms with Crippen molar-refractivity contribution in [3.05, 3.63) is 0 Å². The maximum atomic E-state index is 12.3. The highest BCUT2D eigenvalue weighted by Crippen LogP contribution is 2.29. The molecule has 0 aromatic carbocycles. The molecule has 12 nitrogen and oxygen atoms in total. The quantitative estimate of drug-likeness (QED) is 0.408. The molecule has 0 spiro atoms. The van der Waals surface area contributed by atoms with Crippen LogP contribution < -0.4 is 9.86 Å². The van der Waals surface area contributed by atoms with E-state index in [-0.39, 0.29) is 3.71 Å². The lowest BCUT2D eigenvalue weighted by Gasteiger charge is -2.40. The smallest absolute Gasteiger partial charge is 0.227 e. The van der Waals surface area contributed by atoms with Gasteiger partial charge in [0.05, 0.1) is 11.8 Å².